The van der Waals surface area contributed by atoms with Crippen LogP contribution in [0.3, 0.4) is 0 Å². The minimum atomic E-state index is -3.14. The number of hydrogen-bond donors (Lipinski definition) is 1. The molecule has 0 bridgehead atoms. The topological polar surface area (TPSA) is 49.4 Å². The van der Waals surface area contributed by atoms with Gasteiger partial charge in [-0.2, -0.15) is 0 Å². The van der Waals surface area contributed by atoms with Crippen LogP contribution in [-0.2, 0) is 10.0 Å². The monoisotopic (exact) mass is 276 g/mol. The number of nitrogens with one attached hydrogen (secondary N) is 1. The summed E-state index contributed by atoms with van der Waals surface area (Å²) in [4.78, 5) is 0. The molecule has 1 saturated heterocycles. The van der Waals surface area contributed by atoms with Crippen LogP contribution in [0.2, 0.25) is 0 Å². The van der Waals surface area contributed by atoms with Crippen LogP contribution in [0.4, 0.5) is 0 Å². The smallest absolute Gasteiger partial charge is 0.217 e. The maximum Gasteiger partial charge on any atom is 0.217 e. The van der Waals surface area contributed by atoms with Crippen molar-refractivity contribution in [2.24, 2.45) is 11.8 Å². The van der Waals surface area contributed by atoms with Crippen molar-refractivity contribution in [3.05, 3.63) is 0 Å². The second-order valence-corrected chi connectivity index (χ2v) is 8.17. The van der Waals surface area contributed by atoms with Crippen molar-refractivity contribution in [1.29, 1.82) is 0 Å². The van der Waals surface area contributed by atoms with Gasteiger partial charge in [-0.25, -0.2) is 12.7 Å². The van der Waals surface area contributed by atoms with E-state index in [1.807, 2.05) is 6.92 Å². The van der Waals surface area contributed by atoms with Crippen LogP contribution >= 0.6 is 0 Å². The second-order valence-electron chi connectivity index (χ2n) is 5.82. The Morgan fingerprint density at radius 2 is 1.83 bits per heavy atom. The van der Waals surface area contributed by atoms with E-state index < -0.39 is 10.0 Å². The Bertz CT molecular complexity index is 333. The quantitative estimate of drug-likeness (QED) is 0.751. The fourth-order valence-electron chi connectivity index (χ4n) is 2.66. The van der Waals surface area contributed by atoms with Gasteiger partial charge in [-0.15, -0.1) is 0 Å². The highest BCUT2D eigenvalue weighted by Crippen LogP contribution is 2.24. The van der Waals surface area contributed by atoms with Gasteiger partial charge in [-0.05, 0) is 38.1 Å². The molecule has 3 unspecified atom stereocenters. The molecule has 0 radical (unpaired) electrons. The molecule has 0 aromatic rings. The summed E-state index contributed by atoms with van der Waals surface area (Å²) in [5.41, 5.74) is 0. The Morgan fingerprint density at radius 3 is 2.33 bits per heavy atom. The van der Waals surface area contributed by atoms with E-state index in [1.165, 1.54) is 0 Å². The molecule has 0 aliphatic carbocycles. The van der Waals surface area contributed by atoms with E-state index >= 15 is 0 Å². The highest BCUT2D eigenvalue weighted by Gasteiger charge is 2.33. The molecule has 1 heterocycles. The summed E-state index contributed by atoms with van der Waals surface area (Å²) in [7, 11) is -3.14. The van der Waals surface area contributed by atoms with Crippen molar-refractivity contribution in [2.45, 2.75) is 45.8 Å². The lowest BCUT2D eigenvalue weighted by molar-refractivity contribution is 0.221. The molecule has 0 saturated carbocycles. The van der Waals surface area contributed by atoms with Crippen molar-refractivity contribution in [2.75, 3.05) is 26.2 Å². The van der Waals surface area contributed by atoms with E-state index in [2.05, 4.69) is 26.1 Å². The SMILES string of the molecule is CCCNCC(C)S(=O)(=O)N1CC(C)CC(C)C1. The van der Waals surface area contributed by atoms with Gasteiger partial charge in [-0.1, -0.05) is 20.8 Å². The van der Waals surface area contributed by atoms with Crippen LogP contribution in [0, 0.1) is 11.8 Å². The van der Waals surface area contributed by atoms with Crippen molar-refractivity contribution < 1.29 is 8.42 Å². The third-order valence-electron chi connectivity index (χ3n) is 3.56. The first kappa shape index (κ1) is 15.9. The molecule has 18 heavy (non-hydrogen) atoms. The predicted molar refractivity (Wildman–Crippen MR) is 76.1 cm³/mol. The Hall–Kier alpha value is -0.130. The zero-order valence-corrected chi connectivity index (χ0v) is 13.0. The summed E-state index contributed by atoms with van der Waals surface area (Å²) >= 11 is 0. The summed E-state index contributed by atoms with van der Waals surface area (Å²) in [5, 5.41) is 2.86. The number of hydrogen-bond acceptors (Lipinski definition) is 3. The molecule has 0 spiro atoms. The van der Waals surface area contributed by atoms with E-state index in [0.29, 0.717) is 31.5 Å². The Morgan fingerprint density at radius 1 is 1.28 bits per heavy atom. The first-order valence-electron chi connectivity index (χ1n) is 7.07. The van der Waals surface area contributed by atoms with Crippen molar-refractivity contribution in [3.8, 4) is 0 Å². The molecule has 0 aromatic carbocycles. The summed E-state index contributed by atoms with van der Waals surface area (Å²) in [5.74, 6) is 0.943. The van der Waals surface area contributed by atoms with Gasteiger partial charge >= 0.3 is 0 Å². The zero-order valence-electron chi connectivity index (χ0n) is 12.1. The lowest BCUT2D eigenvalue weighted by atomic mass is 9.94. The molecule has 1 N–H and O–H groups in total. The van der Waals surface area contributed by atoms with Gasteiger partial charge in [-0.3, -0.25) is 0 Å². The molecule has 5 heteroatoms. The summed E-state index contributed by atoms with van der Waals surface area (Å²) in [6.07, 6.45) is 2.17. The van der Waals surface area contributed by atoms with E-state index in [9.17, 15) is 8.42 Å². The summed E-state index contributed by atoms with van der Waals surface area (Å²) in [6.45, 7) is 11.0. The van der Waals surface area contributed by atoms with Crippen LogP contribution in [0.1, 0.15) is 40.5 Å². The first-order chi connectivity index (χ1) is 8.37. The standard InChI is InChI=1S/C13H28N2O2S/c1-5-6-14-8-13(4)18(16,17)15-9-11(2)7-12(3)10-15/h11-14H,5-10H2,1-4H3. The van der Waals surface area contributed by atoms with Crippen LogP contribution in [0.25, 0.3) is 0 Å². The summed E-state index contributed by atoms with van der Waals surface area (Å²) < 4.78 is 26.6. The number of piperidine rings is 1. The van der Waals surface area contributed by atoms with Crippen molar-refractivity contribution in [1.82, 2.24) is 9.62 Å². The highest BCUT2D eigenvalue weighted by atomic mass is 32.2. The van der Waals surface area contributed by atoms with Crippen LogP contribution in [-0.4, -0.2) is 44.2 Å². The van der Waals surface area contributed by atoms with Gasteiger partial charge in [0.25, 0.3) is 0 Å². The molecule has 1 aliphatic heterocycles. The maximum absolute atomic E-state index is 12.5. The maximum atomic E-state index is 12.5. The summed E-state index contributed by atoms with van der Waals surface area (Å²) in [6, 6.07) is 0. The Balaban J connectivity index is 2.61. The fourth-order valence-corrected chi connectivity index (χ4v) is 4.42. The lowest BCUT2D eigenvalue weighted by Crippen LogP contribution is -2.48. The van der Waals surface area contributed by atoms with Crippen LogP contribution in [0.5, 0.6) is 0 Å². The third kappa shape index (κ3) is 4.21. The van der Waals surface area contributed by atoms with Crippen molar-refractivity contribution in [3.63, 3.8) is 0 Å². The van der Waals surface area contributed by atoms with Crippen LogP contribution in [0.15, 0.2) is 0 Å². The van der Waals surface area contributed by atoms with Gasteiger partial charge in [0.2, 0.25) is 10.0 Å². The number of sulfonamides is 1. The van der Waals surface area contributed by atoms with E-state index in [4.69, 9.17) is 0 Å². The molecule has 1 rings (SSSR count). The minimum absolute atomic E-state index is 0.332. The van der Waals surface area contributed by atoms with Gasteiger partial charge in [0.1, 0.15) is 0 Å². The molecule has 108 valence electrons. The Kier molecular flexibility index (Phi) is 6.08. The van der Waals surface area contributed by atoms with E-state index in [-0.39, 0.29) is 5.25 Å². The van der Waals surface area contributed by atoms with Gasteiger partial charge in [0.05, 0.1) is 5.25 Å². The predicted octanol–water partition coefficient (Wildman–Crippen LogP) is 1.68. The highest BCUT2D eigenvalue weighted by molar-refractivity contribution is 7.89. The first-order valence-corrected chi connectivity index (χ1v) is 8.57. The molecular formula is C13H28N2O2S. The molecular weight excluding hydrogens is 248 g/mol. The lowest BCUT2D eigenvalue weighted by Gasteiger charge is -2.35. The fraction of sp³-hybridized carbons (Fsp3) is 1.00. The van der Waals surface area contributed by atoms with Gasteiger partial charge < -0.3 is 5.32 Å². The normalized spacial score (nSPS) is 28.2. The number of rotatable bonds is 6. The van der Waals surface area contributed by atoms with Crippen LogP contribution < -0.4 is 5.32 Å². The average Bonchev–Trinajstić information content (AvgIpc) is 2.27. The molecule has 1 aliphatic rings. The average molecular weight is 276 g/mol. The second kappa shape index (κ2) is 6.87. The largest absolute Gasteiger partial charge is 0.315 e. The van der Waals surface area contributed by atoms with E-state index in [1.54, 1.807) is 4.31 Å². The molecule has 0 aromatic heterocycles. The third-order valence-corrected chi connectivity index (χ3v) is 5.76. The molecule has 1 fully saturated rings. The minimum Gasteiger partial charge on any atom is -0.315 e. The Labute approximate surface area is 112 Å². The van der Waals surface area contributed by atoms with E-state index in [0.717, 1.165) is 19.4 Å². The molecule has 4 nitrogen and oxygen atoms in total. The zero-order chi connectivity index (χ0) is 13.8. The van der Waals surface area contributed by atoms with Gasteiger partial charge in [0.15, 0.2) is 0 Å². The number of nitrogens with zero attached hydrogens (tertiary/aromatic N) is 1. The van der Waals surface area contributed by atoms with Crippen molar-refractivity contribution >= 4 is 10.0 Å². The van der Waals surface area contributed by atoms with Gasteiger partial charge in [0, 0.05) is 19.6 Å². The molecule has 3 atom stereocenters. The molecule has 0 amide bonds.